The zero-order valence-corrected chi connectivity index (χ0v) is 20.0. The van der Waals surface area contributed by atoms with E-state index in [1.807, 2.05) is 30.3 Å². The van der Waals surface area contributed by atoms with Crippen LogP contribution in [-0.4, -0.2) is 52.7 Å². The van der Waals surface area contributed by atoms with E-state index in [9.17, 15) is 9.59 Å². The van der Waals surface area contributed by atoms with Gasteiger partial charge < -0.3 is 9.64 Å². The fourth-order valence-electron chi connectivity index (χ4n) is 4.17. The number of hydrogen-bond donors (Lipinski definition) is 0. The van der Waals surface area contributed by atoms with E-state index in [1.165, 1.54) is 7.11 Å². The van der Waals surface area contributed by atoms with E-state index in [2.05, 4.69) is 19.9 Å². The number of methoxy groups -OCH3 is 1. The largest absolute Gasteiger partial charge is 0.479 e. The Morgan fingerprint density at radius 3 is 1.59 bits per heavy atom. The van der Waals surface area contributed by atoms with Crippen molar-refractivity contribution in [3.05, 3.63) is 82.4 Å². The van der Waals surface area contributed by atoms with Gasteiger partial charge in [-0.15, -0.1) is 0 Å². The molecule has 10 heteroatoms. The van der Waals surface area contributed by atoms with Gasteiger partial charge in [0.15, 0.2) is 11.5 Å². The number of nitriles is 2. The second-order valence-electron chi connectivity index (χ2n) is 8.24. The number of ketones is 2. The maximum absolute atomic E-state index is 12.2. The zero-order chi connectivity index (χ0) is 26.3. The third-order valence-corrected chi connectivity index (χ3v) is 5.85. The van der Waals surface area contributed by atoms with Crippen molar-refractivity contribution in [2.75, 3.05) is 26.1 Å². The average molecular weight is 487 g/mol. The van der Waals surface area contributed by atoms with E-state index in [0.29, 0.717) is 28.3 Å². The number of fused-ring (bicyclic) bond motifs is 6. The molecule has 178 valence electrons. The van der Waals surface area contributed by atoms with Crippen LogP contribution in [0.15, 0.2) is 48.5 Å². The van der Waals surface area contributed by atoms with Gasteiger partial charge in [-0.1, -0.05) is 48.5 Å². The lowest BCUT2D eigenvalue weighted by Gasteiger charge is -2.13. The number of ether oxygens (including phenoxy) is 1. The molecule has 0 unspecified atom stereocenters. The van der Waals surface area contributed by atoms with Crippen LogP contribution in [0.25, 0.3) is 22.5 Å². The Balaban J connectivity index is 0.000000152. The summed E-state index contributed by atoms with van der Waals surface area (Å²) < 4.78 is 5.00. The highest BCUT2D eigenvalue weighted by molar-refractivity contribution is 6.20. The summed E-state index contributed by atoms with van der Waals surface area (Å²) in [7, 11) is 5.00. The molecule has 0 saturated carbocycles. The lowest BCUT2D eigenvalue weighted by atomic mass is 10.1. The molecule has 6 rings (SSSR count). The Morgan fingerprint density at radius 2 is 1.14 bits per heavy atom. The van der Waals surface area contributed by atoms with Gasteiger partial charge in [0.25, 0.3) is 5.88 Å². The summed E-state index contributed by atoms with van der Waals surface area (Å²) in [6.45, 7) is 0. The predicted molar refractivity (Wildman–Crippen MR) is 132 cm³/mol. The van der Waals surface area contributed by atoms with Crippen molar-refractivity contribution in [2.45, 2.75) is 0 Å². The van der Waals surface area contributed by atoms with Crippen LogP contribution in [0.2, 0.25) is 0 Å². The second kappa shape index (κ2) is 8.95. The Kier molecular flexibility index (Phi) is 5.63. The van der Waals surface area contributed by atoms with Crippen LogP contribution in [0.1, 0.15) is 43.5 Å². The number of benzene rings is 2. The molecular formula is C27H17N7O3. The predicted octanol–water partition coefficient (Wildman–Crippen LogP) is 3.19. The fourth-order valence-corrected chi connectivity index (χ4v) is 4.17. The van der Waals surface area contributed by atoms with E-state index in [1.54, 1.807) is 49.3 Å². The van der Waals surface area contributed by atoms with Crippen LogP contribution in [0.5, 0.6) is 5.88 Å². The minimum atomic E-state index is -0.202. The van der Waals surface area contributed by atoms with Gasteiger partial charge in [-0.3, -0.25) is 9.59 Å². The van der Waals surface area contributed by atoms with Gasteiger partial charge in [0, 0.05) is 36.3 Å². The van der Waals surface area contributed by atoms with Gasteiger partial charge in [-0.2, -0.15) is 10.5 Å². The number of anilines is 1. The van der Waals surface area contributed by atoms with Crippen LogP contribution in [-0.2, 0) is 0 Å². The summed E-state index contributed by atoms with van der Waals surface area (Å²) >= 11 is 0. The molecule has 0 radical (unpaired) electrons. The quantitative estimate of drug-likeness (QED) is 0.357. The molecule has 4 aromatic rings. The minimum absolute atomic E-state index is 0.0254. The van der Waals surface area contributed by atoms with E-state index in [0.717, 1.165) is 11.1 Å². The number of nitrogens with zero attached hydrogens (tertiary/aromatic N) is 7. The van der Waals surface area contributed by atoms with E-state index >= 15 is 0 Å². The third kappa shape index (κ3) is 3.65. The molecular weight excluding hydrogens is 470 g/mol. The Morgan fingerprint density at radius 1 is 0.676 bits per heavy atom. The molecule has 0 spiro atoms. The molecule has 2 heterocycles. The van der Waals surface area contributed by atoms with E-state index in [4.69, 9.17) is 15.3 Å². The highest BCUT2D eigenvalue weighted by Gasteiger charge is 2.32. The van der Waals surface area contributed by atoms with Gasteiger partial charge in [0.2, 0.25) is 17.3 Å². The lowest BCUT2D eigenvalue weighted by Crippen LogP contribution is -2.15. The van der Waals surface area contributed by atoms with Crippen LogP contribution >= 0.6 is 0 Å². The van der Waals surface area contributed by atoms with Crippen LogP contribution in [0.3, 0.4) is 0 Å². The maximum atomic E-state index is 12.2. The van der Waals surface area contributed by atoms with Crippen molar-refractivity contribution >= 4 is 17.4 Å². The standard InChI is InChI=1S/C14H10N4O.C13H7N3O2/c1-18(2)14-10(7-15)16-12-11(17-14)8-5-3-4-6-9(8)13(12)19;1-18-13-9(6-14)15-11-10(16-13)7-4-2-3-5-8(7)12(11)17/h3-6H,1-2H3;2-5H,1H3. The maximum Gasteiger partial charge on any atom is 0.251 e. The normalized spacial score (nSPS) is 11.7. The first-order valence-electron chi connectivity index (χ1n) is 11.0. The highest BCUT2D eigenvalue weighted by Crippen LogP contribution is 2.36. The summed E-state index contributed by atoms with van der Waals surface area (Å²) in [5.74, 6) is 0.249. The van der Waals surface area contributed by atoms with Gasteiger partial charge >= 0.3 is 0 Å². The van der Waals surface area contributed by atoms with Crippen molar-refractivity contribution in [1.82, 2.24) is 19.9 Å². The van der Waals surface area contributed by atoms with Gasteiger partial charge in [-0.05, 0) is 0 Å². The minimum Gasteiger partial charge on any atom is -0.479 e. The molecule has 37 heavy (non-hydrogen) atoms. The van der Waals surface area contributed by atoms with Crippen LogP contribution in [0, 0.1) is 22.7 Å². The fraction of sp³-hybridized carbons (Fsp3) is 0.111. The number of hydrogen-bond acceptors (Lipinski definition) is 10. The van der Waals surface area contributed by atoms with Crippen molar-refractivity contribution in [3.8, 4) is 40.5 Å². The first-order chi connectivity index (χ1) is 17.9. The highest BCUT2D eigenvalue weighted by atomic mass is 16.5. The molecule has 2 aromatic heterocycles. The first-order valence-corrected chi connectivity index (χ1v) is 11.0. The number of aromatic nitrogens is 4. The molecule has 0 aliphatic heterocycles. The second-order valence-corrected chi connectivity index (χ2v) is 8.24. The molecule has 0 fully saturated rings. The molecule has 10 nitrogen and oxygen atoms in total. The van der Waals surface area contributed by atoms with Gasteiger partial charge in [-0.25, -0.2) is 19.9 Å². The molecule has 2 aliphatic carbocycles. The molecule has 0 atom stereocenters. The van der Waals surface area contributed by atoms with Gasteiger partial charge in [0.05, 0.1) is 7.11 Å². The number of rotatable bonds is 2. The van der Waals surface area contributed by atoms with Crippen LogP contribution < -0.4 is 9.64 Å². The number of carbonyl (C=O) groups is 2. The molecule has 2 aromatic carbocycles. The SMILES string of the molecule is CN(C)c1nc2c(nc1C#N)C(=O)c1ccccc1-2.COc1nc2c(nc1C#N)C(=O)c1ccccc1-2. The molecule has 0 amide bonds. The van der Waals surface area contributed by atoms with Crippen LogP contribution in [0.4, 0.5) is 5.82 Å². The summed E-state index contributed by atoms with van der Waals surface area (Å²) in [5, 5.41) is 18.1. The van der Waals surface area contributed by atoms with Crippen molar-refractivity contribution < 1.29 is 14.3 Å². The van der Waals surface area contributed by atoms with E-state index < -0.39 is 0 Å². The summed E-state index contributed by atoms with van der Waals surface area (Å²) in [6, 6.07) is 18.3. The summed E-state index contributed by atoms with van der Waals surface area (Å²) in [5.41, 5.74) is 4.38. The smallest absolute Gasteiger partial charge is 0.251 e. The monoisotopic (exact) mass is 487 g/mol. The van der Waals surface area contributed by atoms with Crippen molar-refractivity contribution in [2.24, 2.45) is 0 Å². The van der Waals surface area contributed by atoms with E-state index in [-0.39, 0.29) is 40.2 Å². The van der Waals surface area contributed by atoms with Crippen molar-refractivity contribution in [1.29, 1.82) is 10.5 Å². The Hall–Kier alpha value is -5.48. The molecule has 2 aliphatic rings. The first kappa shape index (κ1) is 23.3. The molecule has 0 bridgehead atoms. The number of carbonyl (C=O) groups excluding carboxylic acids is 2. The third-order valence-electron chi connectivity index (χ3n) is 5.85. The molecule has 0 N–H and O–H groups in total. The Bertz CT molecular complexity index is 1710. The van der Waals surface area contributed by atoms with Crippen molar-refractivity contribution in [3.63, 3.8) is 0 Å². The molecule has 0 saturated heterocycles. The summed E-state index contributed by atoms with van der Waals surface area (Å²) in [6.07, 6.45) is 0. The Labute approximate surface area is 211 Å². The average Bonchev–Trinajstić information content (AvgIpc) is 3.38. The van der Waals surface area contributed by atoms with Gasteiger partial charge in [0.1, 0.15) is 34.9 Å². The zero-order valence-electron chi connectivity index (χ0n) is 20.0. The summed E-state index contributed by atoms with van der Waals surface area (Å²) in [4.78, 5) is 42.9. The lowest BCUT2D eigenvalue weighted by molar-refractivity contribution is 0.103. The topological polar surface area (TPSA) is 146 Å².